The summed E-state index contributed by atoms with van der Waals surface area (Å²) in [4.78, 5) is 20.8. The van der Waals surface area contributed by atoms with Crippen LogP contribution in [0.2, 0.25) is 10.0 Å². The first kappa shape index (κ1) is 27.3. The molecule has 2 aromatic carbocycles. The van der Waals surface area contributed by atoms with E-state index in [4.69, 9.17) is 32.7 Å². The van der Waals surface area contributed by atoms with Crippen LogP contribution in [0.3, 0.4) is 0 Å². The molecule has 0 spiro atoms. The lowest BCUT2D eigenvalue weighted by molar-refractivity contribution is -0.118. The van der Waals surface area contributed by atoms with E-state index >= 15 is 0 Å². The maximum Gasteiger partial charge on any atom is 0.250 e. The number of aromatic nitrogens is 2. The molecule has 1 N–H and O–H groups in total. The van der Waals surface area contributed by atoms with Gasteiger partial charge in [-0.05, 0) is 72.6 Å². The Labute approximate surface area is 226 Å². The summed E-state index contributed by atoms with van der Waals surface area (Å²) in [5.41, 5.74) is 5.82. The Morgan fingerprint density at radius 1 is 1.09 bits per heavy atom. The zero-order valence-electron chi connectivity index (χ0n) is 19.3. The van der Waals surface area contributed by atoms with E-state index in [0.717, 1.165) is 21.4 Å². The first-order valence-corrected chi connectivity index (χ1v) is 13.1. The van der Waals surface area contributed by atoms with Crippen LogP contribution >= 0.6 is 50.9 Å². The third-order valence-electron chi connectivity index (χ3n) is 4.43. The number of ether oxygens (including phenoxy) is 2. The number of halogens is 3. The zero-order valence-corrected chi connectivity index (χ0v) is 23.2. The molecule has 0 fully saturated rings. The zero-order chi connectivity index (χ0) is 25.4. The predicted octanol–water partition coefficient (Wildman–Crippen LogP) is 6.38. The second-order valence-electron chi connectivity index (χ2n) is 7.31. The number of nitrogens with one attached hydrogen (secondary N) is 1. The average Bonchev–Trinajstić information content (AvgIpc) is 2.80. The van der Waals surface area contributed by atoms with Gasteiger partial charge in [0.1, 0.15) is 6.61 Å². The molecule has 1 heterocycles. The highest BCUT2D eigenvalue weighted by Crippen LogP contribution is 2.34. The van der Waals surface area contributed by atoms with Gasteiger partial charge < -0.3 is 9.47 Å². The van der Waals surface area contributed by atoms with E-state index in [9.17, 15) is 4.79 Å². The summed E-state index contributed by atoms with van der Waals surface area (Å²) >= 11 is 16.8. The van der Waals surface area contributed by atoms with Crippen LogP contribution in [0.25, 0.3) is 0 Å². The molecule has 1 amide bonds. The van der Waals surface area contributed by atoms with Gasteiger partial charge in [0.15, 0.2) is 16.7 Å². The molecule has 0 radical (unpaired) electrons. The summed E-state index contributed by atoms with van der Waals surface area (Å²) in [6.45, 7) is 6.41. The normalized spacial score (nSPS) is 11.0. The van der Waals surface area contributed by atoms with Crippen LogP contribution in [0.1, 0.15) is 29.4 Å². The van der Waals surface area contributed by atoms with Crippen molar-refractivity contribution in [3.8, 4) is 11.5 Å². The molecule has 1 aromatic heterocycles. The van der Waals surface area contributed by atoms with Gasteiger partial charge in [0.05, 0.1) is 28.6 Å². The van der Waals surface area contributed by atoms with Gasteiger partial charge in [-0.3, -0.25) is 4.79 Å². The number of nitrogens with zero attached hydrogens (tertiary/aromatic N) is 3. The summed E-state index contributed by atoms with van der Waals surface area (Å²) < 4.78 is 12.4. The third kappa shape index (κ3) is 8.38. The highest BCUT2D eigenvalue weighted by molar-refractivity contribution is 9.10. The van der Waals surface area contributed by atoms with Crippen LogP contribution in [0.5, 0.6) is 11.5 Å². The highest BCUT2D eigenvalue weighted by Gasteiger charge is 2.12. The lowest BCUT2D eigenvalue weighted by atomic mass is 10.2. The van der Waals surface area contributed by atoms with E-state index in [1.54, 1.807) is 24.3 Å². The molecule has 11 heteroatoms. The van der Waals surface area contributed by atoms with Crippen molar-refractivity contribution in [2.75, 3.05) is 12.4 Å². The van der Waals surface area contributed by atoms with E-state index in [-0.39, 0.29) is 18.3 Å². The Morgan fingerprint density at radius 2 is 1.80 bits per heavy atom. The number of thioether (sulfide) groups is 1. The molecule has 0 saturated carbocycles. The molecular formula is C24H23BrCl2N4O3S. The van der Waals surface area contributed by atoms with Crippen molar-refractivity contribution in [3.05, 3.63) is 73.4 Å². The maximum absolute atomic E-state index is 12.2. The van der Waals surface area contributed by atoms with Crippen molar-refractivity contribution in [2.45, 2.75) is 32.5 Å². The molecule has 3 rings (SSSR count). The topological polar surface area (TPSA) is 85.7 Å². The smallest absolute Gasteiger partial charge is 0.250 e. The van der Waals surface area contributed by atoms with E-state index in [0.29, 0.717) is 38.9 Å². The van der Waals surface area contributed by atoms with E-state index in [1.807, 2.05) is 32.9 Å². The first-order chi connectivity index (χ1) is 16.7. The van der Waals surface area contributed by atoms with Crippen LogP contribution < -0.4 is 14.9 Å². The Hall–Kier alpha value is -2.33. The molecule has 7 nitrogen and oxygen atoms in total. The fourth-order valence-corrected chi connectivity index (χ4v) is 4.40. The van der Waals surface area contributed by atoms with E-state index in [2.05, 4.69) is 36.4 Å². The van der Waals surface area contributed by atoms with Crippen LogP contribution in [0.15, 0.2) is 51.1 Å². The molecule has 3 aromatic rings. The van der Waals surface area contributed by atoms with Crippen molar-refractivity contribution < 1.29 is 14.3 Å². The van der Waals surface area contributed by atoms with E-state index in [1.165, 1.54) is 18.0 Å². The molecule has 35 heavy (non-hydrogen) atoms. The monoisotopic (exact) mass is 596 g/mol. The molecule has 184 valence electrons. The lowest BCUT2D eigenvalue weighted by Crippen LogP contribution is -2.20. The van der Waals surface area contributed by atoms with Gasteiger partial charge in [0.25, 0.3) is 5.91 Å². The minimum absolute atomic E-state index is 0.146. The Bertz CT molecular complexity index is 1220. The van der Waals surface area contributed by atoms with Crippen LogP contribution in [-0.2, 0) is 11.4 Å². The largest absolute Gasteiger partial charge is 0.490 e. The number of hydrogen-bond donors (Lipinski definition) is 1. The van der Waals surface area contributed by atoms with Gasteiger partial charge in [0, 0.05) is 21.4 Å². The fraction of sp³-hybridized carbons (Fsp3) is 0.250. The van der Waals surface area contributed by atoms with Crippen molar-refractivity contribution in [2.24, 2.45) is 5.10 Å². The number of carbonyl (C=O) groups is 1. The van der Waals surface area contributed by atoms with Crippen LogP contribution in [0.4, 0.5) is 0 Å². The standard InChI is InChI=1S/C24H23BrCl2N4O3S/c1-4-33-21-9-17(11-28-31-23(32)13-35-24-29-14(2)7-15(3)30-24)18(25)10-22(21)34-12-16-5-6-19(26)20(27)8-16/h5-11H,4,12-13H2,1-3H3,(H,31,32)/b28-11-. The number of aryl methyl sites for hydroxylation is 2. The third-order valence-corrected chi connectivity index (χ3v) is 6.70. The average molecular weight is 598 g/mol. The summed E-state index contributed by atoms with van der Waals surface area (Å²) in [6.07, 6.45) is 1.53. The number of benzene rings is 2. The fourth-order valence-electron chi connectivity index (χ4n) is 2.92. The molecular weight excluding hydrogens is 575 g/mol. The van der Waals surface area contributed by atoms with Gasteiger partial charge in [-0.1, -0.05) is 41.0 Å². The van der Waals surface area contributed by atoms with Gasteiger partial charge in [-0.2, -0.15) is 5.10 Å². The SMILES string of the molecule is CCOc1cc(/C=N\NC(=O)CSc2nc(C)cc(C)n2)c(Br)cc1OCc1ccc(Cl)c(Cl)c1. The Morgan fingerprint density at radius 3 is 2.49 bits per heavy atom. The first-order valence-electron chi connectivity index (χ1n) is 10.5. The minimum Gasteiger partial charge on any atom is -0.490 e. The summed E-state index contributed by atoms with van der Waals surface area (Å²) in [7, 11) is 0. The number of amides is 1. The molecule has 0 aliphatic rings. The van der Waals surface area contributed by atoms with Crippen molar-refractivity contribution in [3.63, 3.8) is 0 Å². The minimum atomic E-state index is -0.267. The Balaban J connectivity index is 1.62. The van der Waals surface area contributed by atoms with E-state index < -0.39 is 0 Å². The van der Waals surface area contributed by atoms with Crippen molar-refractivity contribution >= 4 is 63.0 Å². The summed E-state index contributed by atoms with van der Waals surface area (Å²) in [5.74, 6) is 0.978. The quantitative estimate of drug-likeness (QED) is 0.126. The Kier molecular flexibility index (Phi) is 10.2. The van der Waals surface area contributed by atoms with Gasteiger partial charge in [0.2, 0.25) is 0 Å². The lowest BCUT2D eigenvalue weighted by Gasteiger charge is -2.14. The summed E-state index contributed by atoms with van der Waals surface area (Å²) in [6, 6.07) is 10.8. The molecule has 0 aliphatic heterocycles. The second kappa shape index (κ2) is 13.1. The maximum atomic E-state index is 12.2. The highest BCUT2D eigenvalue weighted by atomic mass is 79.9. The number of hydrazone groups is 1. The molecule has 0 unspecified atom stereocenters. The molecule has 0 aliphatic carbocycles. The molecule has 0 atom stereocenters. The second-order valence-corrected chi connectivity index (χ2v) is 9.92. The summed E-state index contributed by atoms with van der Waals surface area (Å²) in [5, 5.41) is 5.57. The van der Waals surface area contributed by atoms with Gasteiger partial charge >= 0.3 is 0 Å². The van der Waals surface area contributed by atoms with Gasteiger partial charge in [-0.25, -0.2) is 15.4 Å². The number of hydrogen-bond acceptors (Lipinski definition) is 7. The van der Waals surface area contributed by atoms with Crippen molar-refractivity contribution in [1.29, 1.82) is 0 Å². The van der Waals surface area contributed by atoms with Gasteiger partial charge in [-0.15, -0.1) is 0 Å². The van der Waals surface area contributed by atoms with Crippen LogP contribution in [0, 0.1) is 13.8 Å². The predicted molar refractivity (Wildman–Crippen MR) is 144 cm³/mol. The molecule has 0 bridgehead atoms. The van der Waals surface area contributed by atoms with Crippen molar-refractivity contribution in [1.82, 2.24) is 15.4 Å². The van der Waals surface area contributed by atoms with Crippen LogP contribution in [-0.4, -0.2) is 34.4 Å². The molecule has 0 saturated heterocycles. The number of rotatable bonds is 10. The number of carbonyl (C=O) groups excluding carboxylic acids is 1.